The molecule has 1 aliphatic rings. The monoisotopic (exact) mass is 254 g/mol. The molecule has 0 saturated heterocycles. The first kappa shape index (κ1) is 11.8. The SMILES string of the molecule is COc1ccc2c(c1)Cc1ccc(OC)cc1C2=O. The zero-order chi connectivity index (χ0) is 13.4. The molecule has 0 heterocycles. The van der Waals surface area contributed by atoms with Crippen molar-refractivity contribution in [3.63, 3.8) is 0 Å². The molecule has 0 aliphatic heterocycles. The fraction of sp³-hybridized carbons (Fsp3) is 0.188. The number of ether oxygens (including phenoxy) is 2. The van der Waals surface area contributed by atoms with Crippen LogP contribution >= 0.6 is 0 Å². The van der Waals surface area contributed by atoms with Gasteiger partial charge in [0.1, 0.15) is 11.5 Å². The molecule has 2 aromatic carbocycles. The minimum atomic E-state index is 0.0535. The molecule has 3 nitrogen and oxygen atoms in total. The maximum absolute atomic E-state index is 12.5. The van der Waals surface area contributed by atoms with E-state index in [4.69, 9.17) is 9.47 Å². The molecule has 2 aromatic rings. The second-order valence-electron chi connectivity index (χ2n) is 4.55. The van der Waals surface area contributed by atoms with Crippen molar-refractivity contribution < 1.29 is 14.3 Å². The van der Waals surface area contributed by atoms with Gasteiger partial charge in [0.05, 0.1) is 14.2 Å². The number of carbonyl (C=O) groups excluding carboxylic acids is 1. The van der Waals surface area contributed by atoms with Crippen LogP contribution in [-0.4, -0.2) is 20.0 Å². The van der Waals surface area contributed by atoms with Crippen molar-refractivity contribution in [1.82, 2.24) is 0 Å². The van der Waals surface area contributed by atoms with E-state index < -0.39 is 0 Å². The van der Waals surface area contributed by atoms with Crippen molar-refractivity contribution in [2.75, 3.05) is 14.2 Å². The highest BCUT2D eigenvalue weighted by Crippen LogP contribution is 2.31. The Morgan fingerprint density at radius 2 is 1.53 bits per heavy atom. The van der Waals surface area contributed by atoms with Gasteiger partial charge in [-0.25, -0.2) is 0 Å². The van der Waals surface area contributed by atoms with E-state index in [1.807, 2.05) is 36.4 Å². The van der Waals surface area contributed by atoms with E-state index in [2.05, 4.69) is 0 Å². The van der Waals surface area contributed by atoms with E-state index in [0.29, 0.717) is 5.75 Å². The Kier molecular flexibility index (Phi) is 2.75. The van der Waals surface area contributed by atoms with Gasteiger partial charge in [-0.1, -0.05) is 6.07 Å². The zero-order valence-electron chi connectivity index (χ0n) is 10.9. The largest absolute Gasteiger partial charge is 0.497 e. The highest BCUT2D eigenvalue weighted by atomic mass is 16.5. The van der Waals surface area contributed by atoms with Gasteiger partial charge in [0.15, 0.2) is 5.78 Å². The number of hydrogen-bond acceptors (Lipinski definition) is 3. The number of carbonyl (C=O) groups is 1. The lowest BCUT2D eigenvalue weighted by molar-refractivity contribution is 0.103. The van der Waals surface area contributed by atoms with E-state index in [1.165, 1.54) is 0 Å². The lowest BCUT2D eigenvalue weighted by atomic mass is 9.85. The van der Waals surface area contributed by atoms with Crippen LogP contribution in [0.4, 0.5) is 0 Å². The van der Waals surface area contributed by atoms with Crippen LogP contribution in [0.15, 0.2) is 36.4 Å². The first-order chi connectivity index (χ1) is 9.22. The Morgan fingerprint density at radius 3 is 2.26 bits per heavy atom. The third-order valence-corrected chi connectivity index (χ3v) is 3.50. The molecule has 0 aromatic heterocycles. The van der Waals surface area contributed by atoms with Gasteiger partial charge in [-0.05, 0) is 47.9 Å². The normalized spacial score (nSPS) is 12.6. The average molecular weight is 254 g/mol. The molecule has 0 saturated carbocycles. The lowest BCUT2D eigenvalue weighted by Gasteiger charge is -2.19. The maximum Gasteiger partial charge on any atom is 0.193 e. The van der Waals surface area contributed by atoms with Gasteiger partial charge >= 0.3 is 0 Å². The highest BCUT2D eigenvalue weighted by Gasteiger charge is 2.23. The maximum atomic E-state index is 12.5. The number of ketones is 1. The predicted molar refractivity (Wildman–Crippen MR) is 72.2 cm³/mol. The van der Waals surface area contributed by atoms with Gasteiger partial charge in [-0.15, -0.1) is 0 Å². The van der Waals surface area contributed by atoms with Crippen LogP contribution in [0.25, 0.3) is 0 Å². The van der Waals surface area contributed by atoms with Crippen LogP contribution in [0.5, 0.6) is 11.5 Å². The minimum Gasteiger partial charge on any atom is -0.497 e. The standard InChI is InChI=1S/C16H14O3/c1-18-12-5-6-14-11(8-12)7-10-3-4-13(19-2)9-15(10)16(14)17/h3-6,8-9H,7H2,1-2H3. The van der Waals surface area contributed by atoms with Gasteiger partial charge in [-0.3, -0.25) is 4.79 Å². The molecule has 0 fully saturated rings. The molecular weight excluding hydrogens is 240 g/mol. The Bertz CT molecular complexity index is 659. The van der Waals surface area contributed by atoms with E-state index in [9.17, 15) is 4.79 Å². The van der Waals surface area contributed by atoms with Crippen molar-refractivity contribution in [2.45, 2.75) is 6.42 Å². The highest BCUT2D eigenvalue weighted by molar-refractivity contribution is 6.12. The summed E-state index contributed by atoms with van der Waals surface area (Å²) in [6.07, 6.45) is 0.748. The molecule has 0 radical (unpaired) electrons. The third-order valence-electron chi connectivity index (χ3n) is 3.50. The van der Waals surface area contributed by atoms with E-state index in [-0.39, 0.29) is 5.78 Å². The van der Waals surface area contributed by atoms with Gasteiger partial charge in [-0.2, -0.15) is 0 Å². The van der Waals surface area contributed by atoms with Crippen molar-refractivity contribution in [1.29, 1.82) is 0 Å². The lowest BCUT2D eigenvalue weighted by Crippen LogP contribution is -2.15. The summed E-state index contributed by atoms with van der Waals surface area (Å²) < 4.78 is 10.4. The van der Waals surface area contributed by atoms with Crippen molar-refractivity contribution in [3.8, 4) is 11.5 Å². The summed E-state index contributed by atoms with van der Waals surface area (Å²) in [5, 5.41) is 0. The predicted octanol–water partition coefficient (Wildman–Crippen LogP) is 2.84. The molecule has 3 heteroatoms. The van der Waals surface area contributed by atoms with Crippen LogP contribution in [0.1, 0.15) is 27.0 Å². The third kappa shape index (κ3) is 1.87. The molecule has 1 aliphatic carbocycles. The summed E-state index contributed by atoms with van der Waals surface area (Å²) in [4.78, 5) is 12.5. The second-order valence-corrected chi connectivity index (χ2v) is 4.55. The number of benzene rings is 2. The fourth-order valence-electron chi connectivity index (χ4n) is 2.46. The summed E-state index contributed by atoms with van der Waals surface area (Å²) in [5.74, 6) is 1.55. The first-order valence-electron chi connectivity index (χ1n) is 6.11. The molecule has 0 N–H and O–H groups in total. The fourth-order valence-corrected chi connectivity index (χ4v) is 2.46. The van der Waals surface area contributed by atoms with Crippen LogP contribution in [-0.2, 0) is 6.42 Å². The second kappa shape index (κ2) is 4.43. The molecule has 3 rings (SSSR count). The van der Waals surface area contributed by atoms with Crippen LogP contribution in [0, 0.1) is 0 Å². The zero-order valence-corrected chi connectivity index (χ0v) is 10.9. The van der Waals surface area contributed by atoms with Crippen LogP contribution in [0.3, 0.4) is 0 Å². The number of rotatable bonds is 2. The number of methoxy groups -OCH3 is 2. The number of hydrogen-bond donors (Lipinski definition) is 0. The molecular formula is C16H14O3. The van der Waals surface area contributed by atoms with Crippen molar-refractivity contribution in [2.24, 2.45) is 0 Å². The Hall–Kier alpha value is -2.29. The Labute approximate surface area is 111 Å². The average Bonchev–Trinajstić information content (AvgIpc) is 2.46. The van der Waals surface area contributed by atoms with Gasteiger partial charge in [0.2, 0.25) is 0 Å². The number of fused-ring (bicyclic) bond motifs is 2. The Morgan fingerprint density at radius 1 is 0.842 bits per heavy atom. The van der Waals surface area contributed by atoms with Gasteiger partial charge in [0.25, 0.3) is 0 Å². The van der Waals surface area contributed by atoms with Crippen LogP contribution in [0.2, 0.25) is 0 Å². The van der Waals surface area contributed by atoms with Gasteiger partial charge < -0.3 is 9.47 Å². The van der Waals surface area contributed by atoms with E-state index in [0.717, 1.165) is 34.4 Å². The molecule has 0 spiro atoms. The molecule has 96 valence electrons. The van der Waals surface area contributed by atoms with Crippen molar-refractivity contribution >= 4 is 5.78 Å². The molecule has 19 heavy (non-hydrogen) atoms. The minimum absolute atomic E-state index is 0.0535. The molecule has 0 amide bonds. The van der Waals surface area contributed by atoms with E-state index >= 15 is 0 Å². The molecule has 0 unspecified atom stereocenters. The summed E-state index contributed by atoms with van der Waals surface area (Å²) in [6, 6.07) is 11.2. The topological polar surface area (TPSA) is 35.5 Å². The molecule has 0 atom stereocenters. The quantitative estimate of drug-likeness (QED) is 0.705. The summed E-state index contributed by atoms with van der Waals surface area (Å²) in [5.41, 5.74) is 3.53. The summed E-state index contributed by atoms with van der Waals surface area (Å²) >= 11 is 0. The smallest absolute Gasteiger partial charge is 0.193 e. The molecule has 0 bridgehead atoms. The van der Waals surface area contributed by atoms with Crippen LogP contribution < -0.4 is 9.47 Å². The van der Waals surface area contributed by atoms with Crippen molar-refractivity contribution in [3.05, 3.63) is 58.7 Å². The first-order valence-corrected chi connectivity index (χ1v) is 6.11. The van der Waals surface area contributed by atoms with E-state index in [1.54, 1.807) is 14.2 Å². The Balaban J connectivity index is 2.11. The summed E-state index contributed by atoms with van der Waals surface area (Å²) in [6.45, 7) is 0. The van der Waals surface area contributed by atoms with Gasteiger partial charge in [0, 0.05) is 11.1 Å². The summed E-state index contributed by atoms with van der Waals surface area (Å²) in [7, 11) is 3.24.